The molecule has 7 rings (SSSR count). The summed E-state index contributed by atoms with van der Waals surface area (Å²) in [6.45, 7) is 1.36. The van der Waals surface area contributed by atoms with E-state index in [1.165, 1.54) is 24.1 Å². The molecule has 1 saturated heterocycles. The lowest BCUT2D eigenvalue weighted by molar-refractivity contribution is -0.137. The van der Waals surface area contributed by atoms with Gasteiger partial charge in [0.1, 0.15) is 17.4 Å². The lowest BCUT2D eigenvalue weighted by Gasteiger charge is -2.33. The van der Waals surface area contributed by atoms with Gasteiger partial charge in [-0.1, -0.05) is 37.8 Å². The SMILES string of the molecule is N#Cc1ccc(CC2CCCC3CC(CCCC3C(=O)c3nc4ccc(OC5CCN(c6ccc(C(F)(F)F)cc6)CC5)cc4o3)C2)cc1. The number of Topliss-reactive ketones (excluding diaryl/α,β-unsaturated/α-hetero) is 1. The Morgan fingerprint density at radius 3 is 2.41 bits per heavy atom. The smallest absolute Gasteiger partial charge is 0.416 e. The lowest BCUT2D eigenvalue weighted by Crippen LogP contribution is -2.38. The first kappa shape index (κ1) is 33.2. The average Bonchev–Trinajstić information content (AvgIpc) is 3.40. The molecule has 2 saturated carbocycles. The maximum atomic E-state index is 13.9. The molecule has 3 aromatic carbocycles. The number of piperidine rings is 1. The zero-order chi connectivity index (χ0) is 34.0. The molecule has 0 N–H and O–H groups in total. The number of nitriles is 1. The maximum Gasteiger partial charge on any atom is 0.416 e. The Balaban J connectivity index is 0.947. The van der Waals surface area contributed by atoms with Gasteiger partial charge in [-0.2, -0.15) is 18.4 Å². The van der Waals surface area contributed by atoms with Gasteiger partial charge in [0, 0.05) is 43.6 Å². The number of anilines is 1. The van der Waals surface area contributed by atoms with Crippen LogP contribution in [0.1, 0.15) is 91.6 Å². The summed E-state index contributed by atoms with van der Waals surface area (Å²) in [6.07, 6.45) is 6.80. The molecule has 9 heteroatoms. The van der Waals surface area contributed by atoms with Gasteiger partial charge in [0.25, 0.3) is 5.89 Å². The molecule has 0 spiro atoms. The number of hydrogen-bond acceptors (Lipinski definition) is 6. The molecule has 2 aliphatic carbocycles. The van der Waals surface area contributed by atoms with Crippen molar-refractivity contribution in [3.8, 4) is 11.8 Å². The molecule has 4 aromatic rings. The zero-order valence-electron chi connectivity index (χ0n) is 27.6. The quantitative estimate of drug-likeness (QED) is 0.182. The van der Waals surface area contributed by atoms with Crippen LogP contribution in [0, 0.1) is 35.0 Å². The maximum absolute atomic E-state index is 13.9. The van der Waals surface area contributed by atoms with Gasteiger partial charge in [0.05, 0.1) is 17.2 Å². The molecule has 2 heterocycles. The second-order valence-corrected chi connectivity index (χ2v) is 14.3. The number of carbonyl (C=O) groups is 1. The van der Waals surface area contributed by atoms with Gasteiger partial charge < -0.3 is 14.1 Å². The van der Waals surface area contributed by atoms with E-state index in [-0.39, 0.29) is 23.7 Å². The Morgan fingerprint density at radius 1 is 0.918 bits per heavy atom. The largest absolute Gasteiger partial charge is 0.490 e. The van der Waals surface area contributed by atoms with E-state index in [4.69, 9.17) is 14.4 Å². The van der Waals surface area contributed by atoms with E-state index >= 15 is 0 Å². The number of fused-ring (bicyclic) bond motifs is 3. The third kappa shape index (κ3) is 7.79. The third-order valence-electron chi connectivity index (χ3n) is 11.0. The Labute approximate surface area is 285 Å². The first-order valence-electron chi connectivity index (χ1n) is 17.7. The van der Waals surface area contributed by atoms with E-state index in [1.807, 2.05) is 30.3 Å². The Hall–Kier alpha value is -4.32. The molecule has 1 aromatic heterocycles. The molecule has 4 unspecified atom stereocenters. The summed E-state index contributed by atoms with van der Waals surface area (Å²) >= 11 is 0. The predicted molar refractivity (Wildman–Crippen MR) is 181 cm³/mol. The molecule has 0 radical (unpaired) electrons. The Morgan fingerprint density at radius 2 is 1.67 bits per heavy atom. The van der Waals surface area contributed by atoms with E-state index in [0.29, 0.717) is 53.3 Å². The van der Waals surface area contributed by atoms with Crippen LogP contribution in [-0.4, -0.2) is 30.0 Å². The van der Waals surface area contributed by atoms with Gasteiger partial charge in [0.15, 0.2) is 5.58 Å². The highest BCUT2D eigenvalue weighted by Crippen LogP contribution is 2.43. The second kappa shape index (κ2) is 14.3. The molecule has 256 valence electrons. The highest BCUT2D eigenvalue weighted by atomic mass is 19.4. The van der Waals surface area contributed by atoms with Crippen LogP contribution in [0.4, 0.5) is 18.9 Å². The van der Waals surface area contributed by atoms with Crippen molar-refractivity contribution in [3.63, 3.8) is 0 Å². The fourth-order valence-corrected chi connectivity index (χ4v) is 8.47. The summed E-state index contributed by atoms with van der Waals surface area (Å²) < 4.78 is 51.2. The average molecular weight is 670 g/mol. The van der Waals surface area contributed by atoms with Crippen LogP contribution in [-0.2, 0) is 12.6 Å². The minimum absolute atomic E-state index is 0.0228. The van der Waals surface area contributed by atoms with Crippen molar-refractivity contribution in [2.24, 2.45) is 23.7 Å². The summed E-state index contributed by atoms with van der Waals surface area (Å²) in [5.41, 5.74) is 3.32. The standard InChI is InChI=1S/C40H42F3N3O3/c41-40(42,43)31-11-13-32(14-12-31)46-19-17-33(18-20-46)48-34-15-16-36-37(24-34)49-39(45-36)38(47)35-6-2-4-29-22-28(3-1-5-30(35)23-29)21-26-7-9-27(25-44)10-8-26/h7-16,24,28-30,33,35H,1-6,17-23H2. The predicted octanol–water partition coefficient (Wildman–Crippen LogP) is 9.80. The number of benzene rings is 3. The van der Waals surface area contributed by atoms with Crippen molar-refractivity contribution in [1.82, 2.24) is 4.98 Å². The monoisotopic (exact) mass is 669 g/mol. The number of alkyl halides is 3. The fourth-order valence-electron chi connectivity index (χ4n) is 8.47. The zero-order valence-corrected chi connectivity index (χ0v) is 27.6. The Bertz CT molecular complexity index is 1790. The molecule has 4 atom stereocenters. The number of nitrogens with zero attached hydrogens (tertiary/aromatic N) is 3. The molecule has 3 fully saturated rings. The first-order chi connectivity index (χ1) is 23.7. The number of carbonyl (C=O) groups excluding carboxylic acids is 1. The van der Waals surface area contributed by atoms with Crippen LogP contribution in [0.15, 0.2) is 71.1 Å². The molecule has 2 bridgehead atoms. The van der Waals surface area contributed by atoms with Crippen molar-refractivity contribution in [2.45, 2.75) is 82.9 Å². The number of ketones is 1. The van der Waals surface area contributed by atoms with Gasteiger partial charge in [-0.05, 0) is 104 Å². The van der Waals surface area contributed by atoms with E-state index in [1.54, 1.807) is 0 Å². The number of ether oxygens (including phenoxy) is 1. The number of halogens is 3. The number of hydrogen-bond donors (Lipinski definition) is 0. The fraction of sp³-hybridized carbons (Fsp3) is 0.475. The topological polar surface area (TPSA) is 79.4 Å². The molecule has 49 heavy (non-hydrogen) atoms. The highest BCUT2D eigenvalue weighted by Gasteiger charge is 2.37. The molecule has 6 nitrogen and oxygen atoms in total. The molecule has 0 amide bonds. The van der Waals surface area contributed by atoms with E-state index in [0.717, 1.165) is 82.0 Å². The van der Waals surface area contributed by atoms with Crippen LogP contribution in [0.3, 0.4) is 0 Å². The van der Waals surface area contributed by atoms with Crippen molar-refractivity contribution in [1.29, 1.82) is 5.26 Å². The van der Waals surface area contributed by atoms with E-state index in [9.17, 15) is 18.0 Å². The number of rotatable bonds is 7. The summed E-state index contributed by atoms with van der Waals surface area (Å²) in [5.74, 6) is 2.40. The first-order valence-corrected chi connectivity index (χ1v) is 17.7. The van der Waals surface area contributed by atoms with Gasteiger partial charge in [0.2, 0.25) is 5.78 Å². The third-order valence-corrected chi connectivity index (χ3v) is 11.0. The highest BCUT2D eigenvalue weighted by molar-refractivity contribution is 5.96. The summed E-state index contributed by atoms with van der Waals surface area (Å²) in [5, 5.41) is 9.12. The minimum Gasteiger partial charge on any atom is -0.490 e. The van der Waals surface area contributed by atoms with Crippen molar-refractivity contribution in [2.75, 3.05) is 18.0 Å². The van der Waals surface area contributed by atoms with Crippen LogP contribution in [0.2, 0.25) is 0 Å². The normalized spacial score (nSPS) is 23.7. The van der Waals surface area contributed by atoms with Crippen LogP contribution in [0.25, 0.3) is 11.1 Å². The van der Waals surface area contributed by atoms with Crippen LogP contribution >= 0.6 is 0 Å². The molecule has 3 aliphatic rings. The minimum atomic E-state index is -4.34. The molecular weight excluding hydrogens is 627 g/mol. The summed E-state index contributed by atoms with van der Waals surface area (Å²) in [6, 6.07) is 21.1. The van der Waals surface area contributed by atoms with Crippen LogP contribution in [0.5, 0.6) is 5.75 Å². The summed E-state index contributed by atoms with van der Waals surface area (Å²) in [7, 11) is 0. The van der Waals surface area contributed by atoms with E-state index < -0.39 is 11.7 Å². The lowest BCUT2D eigenvalue weighted by atomic mass is 9.74. The Kier molecular flexibility index (Phi) is 9.66. The van der Waals surface area contributed by atoms with Gasteiger partial charge >= 0.3 is 6.18 Å². The van der Waals surface area contributed by atoms with Gasteiger partial charge in [-0.15, -0.1) is 0 Å². The van der Waals surface area contributed by atoms with Gasteiger partial charge in [-0.25, -0.2) is 4.98 Å². The van der Waals surface area contributed by atoms with Crippen molar-refractivity contribution in [3.05, 3.63) is 89.3 Å². The molecule has 1 aliphatic heterocycles. The second-order valence-electron chi connectivity index (χ2n) is 14.3. The summed E-state index contributed by atoms with van der Waals surface area (Å²) in [4.78, 5) is 20.6. The van der Waals surface area contributed by atoms with Gasteiger partial charge in [-0.3, -0.25) is 4.79 Å². The number of aromatic nitrogens is 1. The number of oxazole rings is 1. The van der Waals surface area contributed by atoms with Crippen molar-refractivity contribution >= 4 is 22.6 Å². The van der Waals surface area contributed by atoms with Crippen LogP contribution < -0.4 is 9.64 Å². The molecular formula is C40H42F3N3O3. The van der Waals surface area contributed by atoms with E-state index in [2.05, 4.69) is 28.1 Å². The van der Waals surface area contributed by atoms with Crippen molar-refractivity contribution < 1.29 is 27.1 Å².